The van der Waals surface area contributed by atoms with Gasteiger partial charge in [-0.3, -0.25) is 4.79 Å². The first-order valence-electron chi connectivity index (χ1n) is 5.14. The normalized spacial score (nSPS) is 13.0. The number of carbonyl (C=O) groups is 1. The molecule has 1 aromatic rings. The molecular weight excluding hydrogens is 210 g/mol. The Hall–Kier alpha value is -1.50. The average molecular weight is 227 g/mol. The van der Waals surface area contributed by atoms with Crippen molar-refractivity contribution >= 4 is 5.97 Å². The first-order valence-corrected chi connectivity index (χ1v) is 5.14. The molecule has 0 spiro atoms. The van der Waals surface area contributed by atoms with Crippen molar-refractivity contribution in [1.82, 2.24) is 25.1 Å². The van der Waals surface area contributed by atoms with Crippen LogP contribution >= 0.6 is 0 Å². The Morgan fingerprint density at radius 2 is 2.25 bits per heavy atom. The molecule has 0 bridgehead atoms. The maximum atomic E-state index is 10.6. The van der Waals surface area contributed by atoms with Crippen LogP contribution in [0.3, 0.4) is 0 Å². The Morgan fingerprint density at radius 3 is 2.81 bits per heavy atom. The summed E-state index contributed by atoms with van der Waals surface area (Å²) in [6.45, 7) is 2.63. The van der Waals surface area contributed by atoms with Crippen molar-refractivity contribution < 1.29 is 9.90 Å². The molecule has 1 atom stereocenters. The lowest BCUT2D eigenvalue weighted by Crippen LogP contribution is -2.20. The highest BCUT2D eigenvalue weighted by Gasteiger charge is 2.15. The molecule has 0 saturated carbocycles. The number of aliphatic carboxylic acids is 1. The smallest absolute Gasteiger partial charge is 0.305 e. The van der Waals surface area contributed by atoms with Crippen LogP contribution in [0.4, 0.5) is 0 Å². The molecule has 1 unspecified atom stereocenters. The first-order chi connectivity index (χ1) is 7.50. The van der Waals surface area contributed by atoms with E-state index in [1.807, 2.05) is 19.0 Å². The molecule has 0 radical (unpaired) electrons. The molecule has 0 aliphatic heterocycles. The van der Waals surface area contributed by atoms with E-state index in [4.69, 9.17) is 5.11 Å². The zero-order chi connectivity index (χ0) is 12.1. The maximum Gasteiger partial charge on any atom is 0.305 e. The fourth-order valence-electron chi connectivity index (χ4n) is 1.38. The molecule has 1 N–H and O–H groups in total. The summed E-state index contributed by atoms with van der Waals surface area (Å²) in [6.07, 6.45) is 0.740. The van der Waals surface area contributed by atoms with Crippen LogP contribution in [-0.4, -0.2) is 56.8 Å². The zero-order valence-electron chi connectivity index (χ0n) is 9.79. The molecule has 7 heteroatoms. The highest BCUT2D eigenvalue weighted by molar-refractivity contribution is 5.67. The van der Waals surface area contributed by atoms with E-state index in [0.29, 0.717) is 6.42 Å². The van der Waals surface area contributed by atoms with E-state index in [1.165, 1.54) is 0 Å². The Balaban J connectivity index is 2.65. The molecule has 0 aliphatic rings. The molecule has 0 aliphatic carbocycles. The van der Waals surface area contributed by atoms with Crippen molar-refractivity contribution in [2.24, 2.45) is 0 Å². The minimum absolute atomic E-state index is 0.0278. The first kappa shape index (κ1) is 12.6. The van der Waals surface area contributed by atoms with Gasteiger partial charge in [-0.15, -0.1) is 5.10 Å². The van der Waals surface area contributed by atoms with Crippen LogP contribution in [0.15, 0.2) is 0 Å². The van der Waals surface area contributed by atoms with Crippen LogP contribution in [0.2, 0.25) is 0 Å². The number of likely N-dealkylation sites (N-methyl/N-ethyl adjacent to an activating group) is 1. The van der Waals surface area contributed by atoms with Gasteiger partial charge in [-0.1, -0.05) is 0 Å². The summed E-state index contributed by atoms with van der Waals surface area (Å²) >= 11 is 0. The lowest BCUT2D eigenvalue weighted by atomic mass is 10.2. The number of hydrogen-bond acceptors (Lipinski definition) is 5. The van der Waals surface area contributed by atoms with Crippen LogP contribution < -0.4 is 0 Å². The molecule has 1 aromatic heterocycles. The van der Waals surface area contributed by atoms with E-state index in [-0.39, 0.29) is 12.5 Å². The van der Waals surface area contributed by atoms with E-state index in [0.717, 1.165) is 12.4 Å². The lowest BCUT2D eigenvalue weighted by molar-refractivity contribution is -0.137. The third kappa shape index (κ3) is 3.58. The van der Waals surface area contributed by atoms with Gasteiger partial charge in [0.15, 0.2) is 5.82 Å². The molecule has 0 saturated heterocycles. The number of nitrogens with zero attached hydrogens (tertiary/aromatic N) is 5. The maximum absolute atomic E-state index is 10.6. The number of carboxylic acid groups (broad SMARTS) is 1. The molecule has 1 rings (SSSR count). The number of tetrazole rings is 1. The molecule has 0 fully saturated rings. The predicted octanol–water partition coefficient (Wildman–Crippen LogP) is -0.187. The monoisotopic (exact) mass is 227 g/mol. The second-order valence-corrected chi connectivity index (χ2v) is 4.04. The highest BCUT2D eigenvalue weighted by atomic mass is 16.4. The van der Waals surface area contributed by atoms with Crippen LogP contribution in [0, 0.1) is 0 Å². The summed E-state index contributed by atoms with van der Waals surface area (Å²) in [5.74, 6) is -0.121. The summed E-state index contributed by atoms with van der Waals surface area (Å²) in [7, 11) is 3.93. The van der Waals surface area contributed by atoms with Crippen molar-refractivity contribution in [3.05, 3.63) is 5.82 Å². The van der Waals surface area contributed by atoms with E-state index >= 15 is 0 Å². The van der Waals surface area contributed by atoms with Crippen LogP contribution in [-0.2, 0) is 11.2 Å². The Bertz CT molecular complexity index is 349. The van der Waals surface area contributed by atoms with Gasteiger partial charge in [0.25, 0.3) is 0 Å². The minimum atomic E-state index is -0.846. The fraction of sp³-hybridized carbons (Fsp3) is 0.778. The molecule has 0 aromatic carbocycles. The second kappa shape index (κ2) is 5.55. The van der Waals surface area contributed by atoms with Crippen LogP contribution in [0.1, 0.15) is 25.2 Å². The highest BCUT2D eigenvalue weighted by Crippen LogP contribution is 2.10. The fourth-order valence-corrected chi connectivity index (χ4v) is 1.38. The van der Waals surface area contributed by atoms with Gasteiger partial charge in [-0.05, 0) is 31.4 Å². The lowest BCUT2D eigenvalue weighted by Gasteiger charge is -2.12. The molecular formula is C9H17N5O2. The Morgan fingerprint density at radius 1 is 1.56 bits per heavy atom. The molecule has 7 nitrogen and oxygen atoms in total. The molecule has 90 valence electrons. The standard InChI is InChI=1S/C9H17N5O2/c1-7(6-9(15)16)14-8(10-11-12-14)4-5-13(2)3/h7H,4-6H2,1-3H3,(H,15,16). The summed E-state index contributed by atoms with van der Waals surface area (Å²) < 4.78 is 1.58. The third-order valence-corrected chi connectivity index (χ3v) is 2.23. The van der Waals surface area contributed by atoms with Gasteiger partial charge in [-0.25, -0.2) is 4.68 Å². The SMILES string of the molecule is CC(CC(=O)O)n1nnnc1CCN(C)C. The van der Waals surface area contributed by atoms with Crippen molar-refractivity contribution in [3.63, 3.8) is 0 Å². The van der Waals surface area contributed by atoms with Gasteiger partial charge >= 0.3 is 5.97 Å². The van der Waals surface area contributed by atoms with Crippen molar-refractivity contribution in [3.8, 4) is 0 Å². The Kier molecular flexibility index (Phi) is 4.36. The molecule has 0 amide bonds. The van der Waals surface area contributed by atoms with E-state index in [2.05, 4.69) is 15.5 Å². The van der Waals surface area contributed by atoms with Gasteiger partial charge in [0.2, 0.25) is 0 Å². The largest absolute Gasteiger partial charge is 0.481 e. The average Bonchev–Trinajstić information content (AvgIpc) is 2.61. The van der Waals surface area contributed by atoms with Crippen molar-refractivity contribution in [2.45, 2.75) is 25.8 Å². The van der Waals surface area contributed by atoms with E-state index in [1.54, 1.807) is 11.6 Å². The van der Waals surface area contributed by atoms with Gasteiger partial charge in [0.1, 0.15) is 0 Å². The van der Waals surface area contributed by atoms with Gasteiger partial charge < -0.3 is 10.0 Å². The summed E-state index contributed by atoms with van der Waals surface area (Å²) in [5.41, 5.74) is 0. The quantitative estimate of drug-likeness (QED) is 0.725. The molecule has 16 heavy (non-hydrogen) atoms. The Labute approximate surface area is 94.0 Å². The van der Waals surface area contributed by atoms with Gasteiger partial charge in [0.05, 0.1) is 12.5 Å². The van der Waals surface area contributed by atoms with Gasteiger partial charge in [-0.2, -0.15) is 0 Å². The van der Waals surface area contributed by atoms with Crippen LogP contribution in [0.5, 0.6) is 0 Å². The molecule has 1 heterocycles. The van der Waals surface area contributed by atoms with Crippen molar-refractivity contribution in [2.75, 3.05) is 20.6 Å². The second-order valence-electron chi connectivity index (χ2n) is 4.04. The minimum Gasteiger partial charge on any atom is -0.481 e. The third-order valence-electron chi connectivity index (χ3n) is 2.23. The summed E-state index contributed by atoms with van der Waals surface area (Å²) in [6, 6.07) is -0.218. The summed E-state index contributed by atoms with van der Waals surface area (Å²) in [4.78, 5) is 12.6. The number of rotatable bonds is 6. The zero-order valence-corrected chi connectivity index (χ0v) is 9.79. The number of aromatic nitrogens is 4. The topological polar surface area (TPSA) is 84.1 Å². The number of hydrogen-bond donors (Lipinski definition) is 1. The predicted molar refractivity (Wildman–Crippen MR) is 57.0 cm³/mol. The van der Waals surface area contributed by atoms with Crippen molar-refractivity contribution in [1.29, 1.82) is 0 Å². The number of carboxylic acids is 1. The van der Waals surface area contributed by atoms with E-state index < -0.39 is 5.97 Å². The summed E-state index contributed by atoms with van der Waals surface area (Å²) in [5, 5.41) is 20.0. The van der Waals surface area contributed by atoms with Gasteiger partial charge in [0, 0.05) is 13.0 Å². The van der Waals surface area contributed by atoms with Crippen LogP contribution in [0.25, 0.3) is 0 Å². The van der Waals surface area contributed by atoms with E-state index in [9.17, 15) is 4.79 Å².